The van der Waals surface area contributed by atoms with Gasteiger partial charge in [0.25, 0.3) is 0 Å². The van der Waals surface area contributed by atoms with Gasteiger partial charge in [-0.2, -0.15) is 0 Å². The predicted octanol–water partition coefficient (Wildman–Crippen LogP) is 3.80. The van der Waals surface area contributed by atoms with E-state index >= 15 is 0 Å². The van der Waals surface area contributed by atoms with Crippen molar-refractivity contribution in [3.8, 4) is 5.75 Å². The van der Waals surface area contributed by atoms with Gasteiger partial charge in [-0.3, -0.25) is 0 Å². The van der Waals surface area contributed by atoms with E-state index in [1.165, 1.54) is 32.1 Å². The molecule has 2 rings (SSSR count). The van der Waals surface area contributed by atoms with E-state index in [0.717, 1.165) is 17.1 Å². The Kier molecular flexibility index (Phi) is 4.34. The molecule has 0 aliphatic heterocycles. The van der Waals surface area contributed by atoms with Crippen LogP contribution >= 0.6 is 0 Å². The Balaban J connectivity index is 2.07. The second-order valence-electron chi connectivity index (χ2n) is 5.36. The molecule has 0 amide bonds. The maximum absolute atomic E-state index is 6.16. The van der Waals surface area contributed by atoms with Gasteiger partial charge in [0.1, 0.15) is 5.75 Å². The Morgan fingerprint density at radius 3 is 2.61 bits per heavy atom. The quantitative estimate of drug-likeness (QED) is 0.797. The summed E-state index contributed by atoms with van der Waals surface area (Å²) in [5, 5.41) is 3.56. The van der Waals surface area contributed by atoms with Crippen LogP contribution in [0, 0.1) is 0 Å². The molecule has 3 nitrogen and oxygen atoms in total. The molecule has 1 fully saturated rings. The highest BCUT2D eigenvalue weighted by Crippen LogP contribution is 2.32. The summed E-state index contributed by atoms with van der Waals surface area (Å²) in [4.78, 5) is 0. The lowest BCUT2D eigenvalue weighted by Gasteiger charge is -2.25. The number of anilines is 2. The van der Waals surface area contributed by atoms with Crippen LogP contribution in [0.2, 0.25) is 0 Å². The average molecular weight is 248 g/mol. The summed E-state index contributed by atoms with van der Waals surface area (Å²) in [7, 11) is 0. The summed E-state index contributed by atoms with van der Waals surface area (Å²) in [6, 6.07) is 6.54. The average Bonchev–Trinajstić information content (AvgIpc) is 2.35. The fraction of sp³-hybridized carbons (Fsp3) is 0.600. The van der Waals surface area contributed by atoms with Gasteiger partial charge in [0.2, 0.25) is 0 Å². The summed E-state index contributed by atoms with van der Waals surface area (Å²) in [5.41, 5.74) is 7.91. The van der Waals surface area contributed by atoms with Gasteiger partial charge in [0, 0.05) is 6.04 Å². The molecule has 0 saturated heterocycles. The van der Waals surface area contributed by atoms with Crippen molar-refractivity contribution >= 4 is 11.4 Å². The van der Waals surface area contributed by atoms with Crippen molar-refractivity contribution in [3.05, 3.63) is 18.2 Å². The number of nitrogens with two attached hydrogens (primary N) is 1. The van der Waals surface area contributed by atoms with Crippen LogP contribution in [0.25, 0.3) is 0 Å². The van der Waals surface area contributed by atoms with Gasteiger partial charge in [-0.25, -0.2) is 0 Å². The normalized spacial score (nSPS) is 16.8. The van der Waals surface area contributed by atoms with Crippen LogP contribution in [-0.2, 0) is 0 Å². The number of ether oxygens (including phenoxy) is 1. The van der Waals surface area contributed by atoms with Crippen LogP contribution in [0.1, 0.15) is 46.0 Å². The largest absolute Gasteiger partial charge is 0.489 e. The lowest BCUT2D eigenvalue weighted by molar-refractivity contribution is 0.244. The molecule has 1 aromatic carbocycles. The third-order valence-corrected chi connectivity index (χ3v) is 3.39. The minimum absolute atomic E-state index is 0.150. The van der Waals surface area contributed by atoms with Gasteiger partial charge in [0.05, 0.1) is 17.5 Å². The van der Waals surface area contributed by atoms with Crippen molar-refractivity contribution in [1.29, 1.82) is 0 Å². The Labute approximate surface area is 110 Å². The van der Waals surface area contributed by atoms with E-state index < -0.39 is 0 Å². The number of nitrogens with one attached hydrogen (secondary N) is 1. The number of hydrogen-bond donors (Lipinski definition) is 2. The summed E-state index contributed by atoms with van der Waals surface area (Å²) in [6.07, 6.45) is 6.64. The predicted molar refractivity (Wildman–Crippen MR) is 77.1 cm³/mol. The molecule has 0 heterocycles. The van der Waals surface area contributed by atoms with E-state index in [0.29, 0.717) is 6.04 Å². The fourth-order valence-corrected chi connectivity index (χ4v) is 2.49. The van der Waals surface area contributed by atoms with E-state index in [-0.39, 0.29) is 6.10 Å². The third kappa shape index (κ3) is 3.31. The molecule has 1 aromatic rings. The standard InChI is InChI=1S/C15H24N2O/c1-11(2)18-14-10-6-9-13(15(14)16)17-12-7-4-3-5-8-12/h6,9-12,17H,3-5,7-8,16H2,1-2H3. The first-order valence-electron chi connectivity index (χ1n) is 6.98. The van der Waals surface area contributed by atoms with E-state index in [2.05, 4.69) is 5.32 Å². The van der Waals surface area contributed by atoms with Crippen molar-refractivity contribution in [2.24, 2.45) is 0 Å². The first kappa shape index (κ1) is 13.1. The van der Waals surface area contributed by atoms with Crippen molar-refractivity contribution < 1.29 is 4.74 Å². The fourth-order valence-electron chi connectivity index (χ4n) is 2.49. The maximum atomic E-state index is 6.16. The molecule has 100 valence electrons. The van der Waals surface area contributed by atoms with E-state index in [1.807, 2.05) is 32.0 Å². The summed E-state index contributed by atoms with van der Waals surface area (Å²) in [6.45, 7) is 4.03. The molecule has 0 spiro atoms. The zero-order chi connectivity index (χ0) is 13.0. The highest BCUT2D eigenvalue weighted by molar-refractivity contribution is 5.73. The molecule has 3 heteroatoms. The lowest BCUT2D eigenvalue weighted by atomic mass is 9.95. The van der Waals surface area contributed by atoms with Crippen LogP contribution in [0.15, 0.2) is 18.2 Å². The molecule has 18 heavy (non-hydrogen) atoms. The van der Waals surface area contributed by atoms with Crippen LogP contribution in [-0.4, -0.2) is 12.1 Å². The highest BCUT2D eigenvalue weighted by atomic mass is 16.5. The molecule has 0 radical (unpaired) electrons. The molecule has 0 bridgehead atoms. The zero-order valence-corrected chi connectivity index (χ0v) is 11.4. The Morgan fingerprint density at radius 1 is 1.22 bits per heavy atom. The van der Waals surface area contributed by atoms with Gasteiger partial charge in [0.15, 0.2) is 0 Å². The second kappa shape index (κ2) is 5.98. The SMILES string of the molecule is CC(C)Oc1cccc(NC2CCCCC2)c1N. The zero-order valence-electron chi connectivity index (χ0n) is 11.4. The number of para-hydroxylation sites is 1. The summed E-state index contributed by atoms with van der Waals surface area (Å²) >= 11 is 0. The van der Waals surface area contributed by atoms with Gasteiger partial charge in [-0.15, -0.1) is 0 Å². The van der Waals surface area contributed by atoms with E-state index in [9.17, 15) is 0 Å². The van der Waals surface area contributed by atoms with Gasteiger partial charge in [-0.05, 0) is 38.8 Å². The Hall–Kier alpha value is -1.38. The Bertz CT molecular complexity index is 384. The number of hydrogen-bond acceptors (Lipinski definition) is 3. The molecule has 0 unspecified atom stereocenters. The summed E-state index contributed by atoms with van der Waals surface area (Å²) < 4.78 is 5.71. The minimum atomic E-state index is 0.150. The first-order chi connectivity index (χ1) is 8.66. The topological polar surface area (TPSA) is 47.3 Å². The Morgan fingerprint density at radius 2 is 1.94 bits per heavy atom. The van der Waals surface area contributed by atoms with Crippen LogP contribution in [0.3, 0.4) is 0 Å². The van der Waals surface area contributed by atoms with Gasteiger partial charge < -0.3 is 15.8 Å². The monoisotopic (exact) mass is 248 g/mol. The first-order valence-corrected chi connectivity index (χ1v) is 6.98. The van der Waals surface area contributed by atoms with Crippen LogP contribution < -0.4 is 15.8 Å². The molecular weight excluding hydrogens is 224 g/mol. The van der Waals surface area contributed by atoms with E-state index in [1.54, 1.807) is 0 Å². The van der Waals surface area contributed by atoms with Gasteiger partial charge >= 0.3 is 0 Å². The minimum Gasteiger partial charge on any atom is -0.489 e. The lowest BCUT2D eigenvalue weighted by Crippen LogP contribution is -2.23. The van der Waals surface area contributed by atoms with Crippen LogP contribution in [0.4, 0.5) is 11.4 Å². The molecule has 3 N–H and O–H groups in total. The summed E-state index contributed by atoms with van der Waals surface area (Å²) in [5.74, 6) is 0.783. The molecular formula is C15H24N2O. The maximum Gasteiger partial charge on any atom is 0.144 e. The van der Waals surface area contributed by atoms with Crippen molar-refractivity contribution in [3.63, 3.8) is 0 Å². The van der Waals surface area contributed by atoms with Crippen molar-refractivity contribution in [2.75, 3.05) is 11.1 Å². The molecule has 1 aliphatic rings. The molecule has 0 aromatic heterocycles. The third-order valence-electron chi connectivity index (χ3n) is 3.39. The number of rotatable bonds is 4. The molecule has 1 aliphatic carbocycles. The number of benzene rings is 1. The smallest absolute Gasteiger partial charge is 0.144 e. The van der Waals surface area contributed by atoms with Crippen molar-refractivity contribution in [1.82, 2.24) is 0 Å². The van der Waals surface area contributed by atoms with Crippen molar-refractivity contribution in [2.45, 2.75) is 58.1 Å². The van der Waals surface area contributed by atoms with Gasteiger partial charge in [-0.1, -0.05) is 25.3 Å². The second-order valence-corrected chi connectivity index (χ2v) is 5.36. The van der Waals surface area contributed by atoms with Crippen LogP contribution in [0.5, 0.6) is 5.75 Å². The molecule has 1 saturated carbocycles. The highest BCUT2D eigenvalue weighted by Gasteiger charge is 2.15. The number of nitrogen functional groups attached to an aromatic ring is 1. The van der Waals surface area contributed by atoms with E-state index in [4.69, 9.17) is 10.5 Å². The molecule has 0 atom stereocenters.